The number of carbonyl (C=O) groups excluding carboxylic acids is 2. The number of amides is 1. The van der Waals surface area contributed by atoms with E-state index >= 15 is 0 Å². The standard InChI is InChI=1S/C26H21N3O4/c1-32-22-8-6-7-20(17-22)26(31)33-21-13-11-19(12-14-21)18-27-28-25(30)23-9-2-3-10-24(23)29-15-4-5-16-29/h2-18H,1H3,(H,28,30)/b27-18+. The Hall–Kier alpha value is -4.65. The average Bonchev–Trinajstić information content (AvgIpc) is 3.40. The van der Waals surface area contributed by atoms with Crippen molar-refractivity contribution in [3.05, 3.63) is 114 Å². The van der Waals surface area contributed by atoms with Gasteiger partial charge in [0.1, 0.15) is 11.5 Å². The van der Waals surface area contributed by atoms with Gasteiger partial charge in [-0.05, 0) is 72.3 Å². The second kappa shape index (κ2) is 10.1. The molecule has 33 heavy (non-hydrogen) atoms. The molecule has 0 saturated heterocycles. The fourth-order valence-corrected chi connectivity index (χ4v) is 3.15. The Balaban J connectivity index is 1.37. The van der Waals surface area contributed by atoms with E-state index < -0.39 is 5.97 Å². The lowest BCUT2D eigenvalue weighted by Crippen LogP contribution is -2.19. The number of nitrogens with one attached hydrogen (secondary N) is 1. The SMILES string of the molecule is COc1cccc(C(=O)Oc2ccc(/C=N/NC(=O)c3ccccc3-n3cccc3)cc2)c1. The first-order chi connectivity index (χ1) is 16.1. The van der Waals surface area contributed by atoms with Crippen LogP contribution in [-0.2, 0) is 0 Å². The summed E-state index contributed by atoms with van der Waals surface area (Å²) in [4.78, 5) is 24.9. The Labute approximate surface area is 190 Å². The molecular formula is C26H21N3O4. The number of hydrazone groups is 1. The zero-order chi connectivity index (χ0) is 23.0. The summed E-state index contributed by atoms with van der Waals surface area (Å²) in [7, 11) is 1.54. The van der Waals surface area contributed by atoms with Crippen molar-refractivity contribution in [3.8, 4) is 17.2 Å². The zero-order valence-corrected chi connectivity index (χ0v) is 17.8. The van der Waals surface area contributed by atoms with E-state index in [1.165, 1.54) is 13.3 Å². The molecule has 0 spiro atoms. The molecule has 7 heteroatoms. The van der Waals surface area contributed by atoms with Gasteiger partial charge < -0.3 is 14.0 Å². The first kappa shape index (κ1) is 21.6. The van der Waals surface area contributed by atoms with Gasteiger partial charge in [0.15, 0.2) is 0 Å². The smallest absolute Gasteiger partial charge is 0.343 e. The van der Waals surface area contributed by atoms with Gasteiger partial charge in [-0.2, -0.15) is 5.10 Å². The van der Waals surface area contributed by atoms with Gasteiger partial charge in [-0.15, -0.1) is 0 Å². The van der Waals surface area contributed by atoms with Gasteiger partial charge in [-0.3, -0.25) is 4.79 Å². The fourth-order valence-electron chi connectivity index (χ4n) is 3.15. The molecule has 0 unspecified atom stereocenters. The summed E-state index contributed by atoms with van der Waals surface area (Å²) in [6.07, 6.45) is 5.26. The van der Waals surface area contributed by atoms with Crippen molar-refractivity contribution < 1.29 is 19.1 Å². The largest absolute Gasteiger partial charge is 0.497 e. The minimum Gasteiger partial charge on any atom is -0.497 e. The summed E-state index contributed by atoms with van der Waals surface area (Å²) in [5.41, 5.74) is 4.94. The van der Waals surface area contributed by atoms with Crippen LogP contribution >= 0.6 is 0 Å². The first-order valence-electron chi connectivity index (χ1n) is 10.2. The van der Waals surface area contributed by atoms with Crippen LogP contribution in [-0.4, -0.2) is 29.8 Å². The van der Waals surface area contributed by atoms with Crippen LogP contribution in [0.2, 0.25) is 0 Å². The Bertz CT molecular complexity index is 1280. The molecule has 0 saturated carbocycles. The zero-order valence-electron chi connectivity index (χ0n) is 17.8. The minimum atomic E-state index is -0.482. The molecule has 3 aromatic carbocycles. The maximum atomic E-state index is 12.6. The third-order valence-corrected chi connectivity index (χ3v) is 4.81. The van der Waals surface area contributed by atoms with Gasteiger partial charge in [0.25, 0.3) is 5.91 Å². The average molecular weight is 439 g/mol. The van der Waals surface area contributed by atoms with Gasteiger partial charge in [-0.25, -0.2) is 10.2 Å². The third-order valence-electron chi connectivity index (χ3n) is 4.81. The summed E-state index contributed by atoms with van der Waals surface area (Å²) in [6, 6.07) is 24.6. The van der Waals surface area contributed by atoms with Crippen LogP contribution in [0.15, 0.2) is 102 Å². The molecule has 0 aliphatic rings. The van der Waals surface area contributed by atoms with E-state index in [1.807, 2.05) is 41.2 Å². The number of ether oxygens (including phenoxy) is 2. The van der Waals surface area contributed by atoms with E-state index in [-0.39, 0.29) is 5.91 Å². The van der Waals surface area contributed by atoms with Gasteiger partial charge >= 0.3 is 5.97 Å². The number of hydrogen-bond donors (Lipinski definition) is 1. The number of rotatable bonds is 7. The van der Waals surface area contributed by atoms with Gasteiger partial charge in [-0.1, -0.05) is 18.2 Å². The number of nitrogens with zero attached hydrogens (tertiary/aromatic N) is 2. The summed E-state index contributed by atoms with van der Waals surface area (Å²) >= 11 is 0. The first-order valence-corrected chi connectivity index (χ1v) is 10.2. The Kier molecular flexibility index (Phi) is 6.61. The summed E-state index contributed by atoms with van der Waals surface area (Å²) in [5.74, 6) is 0.169. The Morgan fingerprint density at radius 1 is 0.879 bits per heavy atom. The molecule has 0 atom stereocenters. The van der Waals surface area contributed by atoms with Gasteiger partial charge in [0, 0.05) is 12.4 Å². The lowest BCUT2D eigenvalue weighted by Gasteiger charge is -2.09. The van der Waals surface area contributed by atoms with Crippen molar-refractivity contribution in [2.75, 3.05) is 7.11 Å². The lowest BCUT2D eigenvalue weighted by atomic mass is 10.1. The number of para-hydroxylation sites is 1. The van der Waals surface area contributed by atoms with E-state index in [2.05, 4.69) is 10.5 Å². The number of benzene rings is 3. The van der Waals surface area contributed by atoms with Crippen LogP contribution in [0.1, 0.15) is 26.3 Å². The number of carbonyl (C=O) groups is 2. The highest BCUT2D eigenvalue weighted by molar-refractivity contribution is 5.98. The van der Waals surface area contributed by atoms with Gasteiger partial charge in [0.2, 0.25) is 0 Å². The third kappa shape index (κ3) is 5.34. The number of esters is 1. The van der Waals surface area contributed by atoms with Gasteiger partial charge in [0.05, 0.1) is 30.1 Å². The quantitative estimate of drug-likeness (QED) is 0.199. The predicted octanol–water partition coefficient (Wildman–Crippen LogP) is 4.47. The normalized spacial score (nSPS) is 10.7. The fraction of sp³-hybridized carbons (Fsp3) is 0.0385. The summed E-state index contributed by atoms with van der Waals surface area (Å²) in [5, 5.41) is 4.04. The van der Waals surface area contributed by atoms with Crippen molar-refractivity contribution in [2.45, 2.75) is 0 Å². The van der Waals surface area contributed by atoms with Crippen LogP contribution in [0.25, 0.3) is 5.69 Å². The molecule has 0 fully saturated rings. The molecular weight excluding hydrogens is 418 g/mol. The van der Waals surface area contributed by atoms with Crippen LogP contribution < -0.4 is 14.9 Å². The van der Waals surface area contributed by atoms with Crippen LogP contribution in [0, 0.1) is 0 Å². The maximum Gasteiger partial charge on any atom is 0.343 e. The lowest BCUT2D eigenvalue weighted by molar-refractivity contribution is 0.0734. The summed E-state index contributed by atoms with van der Waals surface area (Å²) in [6.45, 7) is 0. The van der Waals surface area contributed by atoms with Crippen LogP contribution in [0.5, 0.6) is 11.5 Å². The Morgan fingerprint density at radius 2 is 1.64 bits per heavy atom. The summed E-state index contributed by atoms with van der Waals surface area (Å²) < 4.78 is 12.4. The van der Waals surface area contributed by atoms with Crippen LogP contribution in [0.4, 0.5) is 0 Å². The molecule has 0 radical (unpaired) electrons. The highest BCUT2D eigenvalue weighted by atomic mass is 16.5. The van der Waals surface area contributed by atoms with Crippen molar-refractivity contribution >= 4 is 18.1 Å². The molecule has 0 aliphatic heterocycles. The molecule has 4 rings (SSSR count). The molecule has 4 aromatic rings. The molecule has 7 nitrogen and oxygen atoms in total. The molecule has 1 N–H and O–H groups in total. The number of aromatic nitrogens is 1. The number of hydrogen-bond acceptors (Lipinski definition) is 5. The van der Waals surface area contributed by atoms with E-state index in [9.17, 15) is 9.59 Å². The molecule has 1 heterocycles. The molecule has 164 valence electrons. The minimum absolute atomic E-state index is 0.320. The van der Waals surface area contributed by atoms with E-state index in [0.29, 0.717) is 22.6 Å². The van der Waals surface area contributed by atoms with Crippen molar-refractivity contribution in [3.63, 3.8) is 0 Å². The molecule has 1 aromatic heterocycles. The monoisotopic (exact) mass is 439 g/mol. The van der Waals surface area contributed by atoms with E-state index in [1.54, 1.807) is 60.7 Å². The van der Waals surface area contributed by atoms with Crippen molar-refractivity contribution in [1.29, 1.82) is 0 Å². The highest BCUT2D eigenvalue weighted by Crippen LogP contribution is 2.17. The van der Waals surface area contributed by atoms with E-state index in [4.69, 9.17) is 9.47 Å². The molecule has 0 aliphatic carbocycles. The maximum absolute atomic E-state index is 12.6. The predicted molar refractivity (Wildman–Crippen MR) is 125 cm³/mol. The van der Waals surface area contributed by atoms with E-state index in [0.717, 1.165) is 11.3 Å². The molecule has 1 amide bonds. The topological polar surface area (TPSA) is 81.9 Å². The second-order valence-electron chi connectivity index (χ2n) is 7.00. The number of methoxy groups -OCH3 is 1. The Morgan fingerprint density at radius 3 is 2.39 bits per heavy atom. The van der Waals surface area contributed by atoms with Crippen molar-refractivity contribution in [2.24, 2.45) is 5.10 Å². The van der Waals surface area contributed by atoms with Crippen molar-refractivity contribution in [1.82, 2.24) is 9.99 Å². The second-order valence-corrected chi connectivity index (χ2v) is 7.00. The highest BCUT2D eigenvalue weighted by Gasteiger charge is 2.11. The van der Waals surface area contributed by atoms with Crippen LogP contribution in [0.3, 0.4) is 0 Å². The molecule has 0 bridgehead atoms.